The molecule has 4 rings (SSSR count). The highest BCUT2D eigenvalue weighted by Gasteiger charge is 2.28. The van der Waals surface area contributed by atoms with E-state index in [1.54, 1.807) is 29.2 Å². The first kappa shape index (κ1) is 19.0. The van der Waals surface area contributed by atoms with Crippen LogP contribution < -0.4 is 10.2 Å². The Kier molecular flexibility index (Phi) is 5.46. The topological polar surface area (TPSA) is 79.0 Å². The second-order valence-corrected chi connectivity index (χ2v) is 7.23. The molecule has 2 fully saturated rings. The molecule has 0 atom stereocenters. The number of ether oxygens (including phenoxy) is 1. The van der Waals surface area contributed by atoms with Gasteiger partial charge in [-0.2, -0.15) is 0 Å². The minimum Gasteiger partial charge on any atom is -0.447 e. The second-order valence-electron chi connectivity index (χ2n) is 7.23. The molecule has 0 saturated carbocycles. The number of carbonyl (C=O) groups is 3. The Hall–Kier alpha value is -3.35. The van der Waals surface area contributed by atoms with Gasteiger partial charge in [0.2, 0.25) is 5.91 Å². The number of nitrogens with one attached hydrogen (secondary N) is 1. The maximum atomic E-state index is 12.6. The van der Waals surface area contributed by atoms with E-state index in [-0.39, 0.29) is 23.8 Å². The van der Waals surface area contributed by atoms with Crippen LogP contribution in [0.2, 0.25) is 0 Å². The third-order valence-corrected chi connectivity index (χ3v) is 5.38. The zero-order chi connectivity index (χ0) is 20.2. The fourth-order valence-corrected chi connectivity index (χ4v) is 3.71. The molecule has 1 N–H and O–H groups in total. The minimum absolute atomic E-state index is 0.0143. The van der Waals surface area contributed by atoms with Crippen molar-refractivity contribution in [1.82, 2.24) is 4.90 Å². The predicted octanol–water partition coefficient (Wildman–Crippen LogP) is 3.13. The van der Waals surface area contributed by atoms with E-state index in [1.165, 1.54) is 0 Å². The Balaban J connectivity index is 1.30. The number of likely N-dealkylation sites (tertiary alicyclic amines) is 1. The van der Waals surface area contributed by atoms with Crippen molar-refractivity contribution in [2.75, 3.05) is 36.5 Å². The minimum atomic E-state index is -0.349. The predicted molar refractivity (Wildman–Crippen MR) is 109 cm³/mol. The Morgan fingerprint density at radius 1 is 0.931 bits per heavy atom. The van der Waals surface area contributed by atoms with Crippen LogP contribution in [0.15, 0.2) is 54.6 Å². The van der Waals surface area contributed by atoms with E-state index in [9.17, 15) is 14.4 Å². The molecular weight excluding hydrogens is 370 g/mol. The smallest absolute Gasteiger partial charge is 0.414 e. The van der Waals surface area contributed by atoms with Crippen LogP contribution in [0.4, 0.5) is 16.2 Å². The van der Waals surface area contributed by atoms with E-state index >= 15 is 0 Å². The van der Waals surface area contributed by atoms with Crippen LogP contribution in [0, 0.1) is 5.92 Å². The fourth-order valence-electron chi connectivity index (χ4n) is 3.71. The molecule has 2 saturated heterocycles. The number of nitrogens with zero attached hydrogens (tertiary/aromatic N) is 2. The molecule has 2 aliphatic rings. The normalized spacial score (nSPS) is 17.2. The van der Waals surface area contributed by atoms with Crippen LogP contribution in [0.3, 0.4) is 0 Å². The first-order valence-corrected chi connectivity index (χ1v) is 9.81. The van der Waals surface area contributed by atoms with Crippen LogP contribution in [-0.4, -0.2) is 49.0 Å². The summed E-state index contributed by atoms with van der Waals surface area (Å²) in [6.45, 7) is 2.07. The zero-order valence-corrected chi connectivity index (χ0v) is 16.0. The molecule has 0 aromatic heterocycles. The van der Waals surface area contributed by atoms with Crippen molar-refractivity contribution < 1.29 is 19.1 Å². The highest BCUT2D eigenvalue weighted by molar-refractivity contribution is 5.95. The van der Waals surface area contributed by atoms with Crippen molar-refractivity contribution in [3.63, 3.8) is 0 Å². The van der Waals surface area contributed by atoms with Crippen LogP contribution in [0.1, 0.15) is 23.2 Å². The van der Waals surface area contributed by atoms with Crippen molar-refractivity contribution in [3.8, 4) is 0 Å². The van der Waals surface area contributed by atoms with Gasteiger partial charge in [-0.3, -0.25) is 14.5 Å². The van der Waals surface area contributed by atoms with E-state index in [4.69, 9.17) is 4.74 Å². The molecule has 0 unspecified atom stereocenters. The Morgan fingerprint density at radius 3 is 2.24 bits per heavy atom. The van der Waals surface area contributed by atoms with Gasteiger partial charge < -0.3 is 15.0 Å². The quantitative estimate of drug-likeness (QED) is 0.866. The molecule has 0 radical (unpaired) electrons. The molecule has 0 spiro atoms. The molecule has 3 amide bonds. The lowest BCUT2D eigenvalue weighted by Crippen LogP contribution is -2.41. The molecule has 150 valence electrons. The van der Waals surface area contributed by atoms with Gasteiger partial charge in [0.25, 0.3) is 5.91 Å². The number of hydrogen-bond donors (Lipinski definition) is 1. The number of benzene rings is 2. The molecule has 2 aromatic rings. The first-order valence-electron chi connectivity index (χ1n) is 9.81. The lowest BCUT2D eigenvalue weighted by Gasteiger charge is -2.31. The molecule has 0 bridgehead atoms. The van der Waals surface area contributed by atoms with Crippen LogP contribution in [-0.2, 0) is 9.53 Å². The molecular formula is C22H23N3O4. The van der Waals surface area contributed by atoms with Crippen molar-refractivity contribution in [2.45, 2.75) is 12.8 Å². The average Bonchev–Trinajstić information content (AvgIpc) is 3.20. The van der Waals surface area contributed by atoms with Crippen LogP contribution >= 0.6 is 0 Å². The number of amides is 3. The van der Waals surface area contributed by atoms with Gasteiger partial charge in [-0.15, -0.1) is 0 Å². The largest absolute Gasteiger partial charge is 0.447 e. The fraction of sp³-hybridized carbons (Fsp3) is 0.318. The van der Waals surface area contributed by atoms with Gasteiger partial charge in [0.1, 0.15) is 6.61 Å². The van der Waals surface area contributed by atoms with Crippen molar-refractivity contribution in [3.05, 3.63) is 60.2 Å². The first-order chi connectivity index (χ1) is 14.1. The van der Waals surface area contributed by atoms with Gasteiger partial charge in [-0.1, -0.05) is 18.2 Å². The monoisotopic (exact) mass is 393 g/mol. The number of anilines is 2. The third kappa shape index (κ3) is 4.23. The van der Waals surface area contributed by atoms with Crippen molar-refractivity contribution in [1.29, 1.82) is 0 Å². The molecule has 2 aromatic carbocycles. The van der Waals surface area contributed by atoms with Crippen molar-refractivity contribution in [2.24, 2.45) is 5.92 Å². The summed E-state index contributed by atoms with van der Waals surface area (Å²) in [5.74, 6) is -0.145. The van der Waals surface area contributed by atoms with Crippen LogP contribution in [0.5, 0.6) is 0 Å². The third-order valence-electron chi connectivity index (χ3n) is 5.38. The summed E-state index contributed by atoms with van der Waals surface area (Å²) in [6, 6.07) is 16.4. The summed E-state index contributed by atoms with van der Waals surface area (Å²) in [5, 5.41) is 2.94. The van der Waals surface area contributed by atoms with Gasteiger partial charge in [0.05, 0.1) is 6.54 Å². The number of carbonyl (C=O) groups excluding carboxylic acids is 3. The standard InChI is InChI=1S/C22H23N3O4/c26-20(23-18-6-8-19(9-7-18)25-14-15-29-22(25)28)16-10-12-24(13-11-16)21(27)17-4-2-1-3-5-17/h1-9,16H,10-15H2,(H,23,26). The summed E-state index contributed by atoms with van der Waals surface area (Å²) in [6.07, 6.45) is 0.933. The highest BCUT2D eigenvalue weighted by atomic mass is 16.6. The number of piperidine rings is 1. The number of rotatable bonds is 4. The molecule has 29 heavy (non-hydrogen) atoms. The molecule has 7 heteroatoms. The maximum absolute atomic E-state index is 12.6. The summed E-state index contributed by atoms with van der Waals surface area (Å²) >= 11 is 0. The highest BCUT2D eigenvalue weighted by Crippen LogP contribution is 2.24. The molecule has 2 heterocycles. The number of cyclic esters (lactones) is 1. The van der Waals surface area contributed by atoms with Gasteiger partial charge in [0, 0.05) is 35.9 Å². The average molecular weight is 393 g/mol. The van der Waals surface area contributed by atoms with Gasteiger partial charge in [-0.25, -0.2) is 4.79 Å². The molecule has 2 aliphatic heterocycles. The van der Waals surface area contributed by atoms with E-state index in [1.807, 2.05) is 35.2 Å². The molecule has 0 aliphatic carbocycles. The van der Waals surface area contributed by atoms with Gasteiger partial charge in [-0.05, 0) is 49.2 Å². The molecule has 7 nitrogen and oxygen atoms in total. The summed E-state index contributed by atoms with van der Waals surface area (Å²) in [4.78, 5) is 40.1. The number of hydrogen-bond acceptors (Lipinski definition) is 4. The van der Waals surface area contributed by atoms with E-state index < -0.39 is 0 Å². The van der Waals surface area contributed by atoms with Crippen molar-refractivity contribution >= 4 is 29.3 Å². The Labute approximate surface area is 169 Å². The lowest BCUT2D eigenvalue weighted by molar-refractivity contribution is -0.121. The van der Waals surface area contributed by atoms with E-state index in [0.29, 0.717) is 50.3 Å². The summed E-state index contributed by atoms with van der Waals surface area (Å²) in [5.41, 5.74) is 2.12. The lowest BCUT2D eigenvalue weighted by atomic mass is 9.95. The van der Waals surface area contributed by atoms with Crippen LogP contribution in [0.25, 0.3) is 0 Å². The van der Waals surface area contributed by atoms with Gasteiger partial charge in [0.15, 0.2) is 0 Å². The summed E-state index contributed by atoms with van der Waals surface area (Å²) in [7, 11) is 0. The maximum Gasteiger partial charge on any atom is 0.414 e. The zero-order valence-electron chi connectivity index (χ0n) is 16.0. The van der Waals surface area contributed by atoms with Gasteiger partial charge >= 0.3 is 6.09 Å². The Bertz CT molecular complexity index is 890. The Morgan fingerprint density at radius 2 is 1.62 bits per heavy atom. The summed E-state index contributed by atoms with van der Waals surface area (Å²) < 4.78 is 4.94. The van der Waals surface area contributed by atoms with E-state index in [2.05, 4.69) is 5.32 Å². The SMILES string of the molecule is O=C(Nc1ccc(N2CCOC2=O)cc1)C1CCN(C(=O)c2ccccc2)CC1. The van der Waals surface area contributed by atoms with E-state index in [0.717, 1.165) is 5.69 Å². The second kappa shape index (κ2) is 8.34.